The van der Waals surface area contributed by atoms with Gasteiger partial charge in [0.05, 0.1) is 5.56 Å². The predicted octanol–water partition coefficient (Wildman–Crippen LogP) is 3.79. The summed E-state index contributed by atoms with van der Waals surface area (Å²) in [5.74, 6) is 0.520. The number of carboxylic acid groups (broad SMARTS) is 1. The van der Waals surface area contributed by atoms with Gasteiger partial charge < -0.3 is 9.84 Å². The van der Waals surface area contributed by atoms with Crippen molar-refractivity contribution in [2.45, 2.75) is 13.8 Å². The molecule has 0 aromatic heterocycles. The van der Waals surface area contributed by atoms with E-state index in [1.54, 1.807) is 12.1 Å². The van der Waals surface area contributed by atoms with Gasteiger partial charge in [0.1, 0.15) is 11.5 Å². The summed E-state index contributed by atoms with van der Waals surface area (Å²) in [6, 6.07) is 12.3. The molecule has 3 nitrogen and oxygen atoms in total. The van der Waals surface area contributed by atoms with Crippen LogP contribution in [0.2, 0.25) is 0 Å². The maximum atomic E-state index is 10.7. The molecule has 0 heterocycles. The highest BCUT2D eigenvalue weighted by Gasteiger charge is 2.06. The number of hydrogen-bond acceptors (Lipinski definition) is 2. The lowest BCUT2D eigenvalue weighted by molar-refractivity contribution is 0.0697. The van der Waals surface area contributed by atoms with E-state index in [4.69, 9.17) is 9.84 Å². The van der Waals surface area contributed by atoms with Gasteiger partial charge in [0.25, 0.3) is 0 Å². The Hall–Kier alpha value is -2.29. The van der Waals surface area contributed by atoms with Gasteiger partial charge in [-0.15, -0.1) is 0 Å². The molecular weight excluding hydrogens is 228 g/mol. The highest BCUT2D eigenvalue weighted by atomic mass is 16.5. The van der Waals surface area contributed by atoms with Crippen molar-refractivity contribution in [3.63, 3.8) is 0 Å². The molecule has 92 valence electrons. The van der Waals surface area contributed by atoms with Crippen LogP contribution in [0.25, 0.3) is 0 Å². The second-order valence-electron chi connectivity index (χ2n) is 4.15. The molecule has 2 rings (SSSR count). The van der Waals surface area contributed by atoms with Crippen molar-refractivity contribution in [3.05, 3.63) is 59.2 Å². The minimum Gasteiger partial charge on any atom is -0.478 e. The topological polar surface area (TPSA) is 46.5 Å². The Morgan fingerprint density at radius 1 is 1.00 bits per heavy atom. The molecule has 0 saturated carbocycles. The van der Waals surface area contributed by atoms with Crippen molar-refractivity contribution in [1.29, 1.82) is 0 Å². The van der Waals surface area contributed by atoms with Gasteiger partial charge in [-0.3, -0.25) is 0 Å². The van der Waals surface area contributed by atoms with Crippen molar-refractivity contribution < 1.29 is 14.6 Å². The molecule has 0 aliphatic carbocycles. The molecule has 0 fully saturated rings. The predicted molar refractivity (Wildman–Crippen MR) is 69.4 cm³/mol. The van der Waals surface area contributed by atoms with Crippen LogP contribution in [0.5, 0.6) is 11.5 Å². The first-order valence-electron chi connectivity index (χ1n) is 5.65. The average molecular weight is 242 g/mol. The summed E-state index contributed by atoms with van der Waals surface area (Å²) >= 11 is 0. The van der Waals surface area contributed by atoms with Gasteiger partial charge in [0.15, 0.2) is 0 Å². The molecule has 0 unspecified atom stereocenters. The Morgan fingerprint density at radius 3 is 2.06 bits per heavy atom. The number of hydrogen-bond donors (Lipinski definition) is 1. The van der Waals surface area contributed by atoms with E-state index in [0.717, 1.165) is 16.9 Å². The fourth-order valence-electron chi connectivity index (χ4n) is 1.74. The minimum atomic E-state index is -0.936. The highest BCUT2D eigenvalue weighted by molar-refractivity contribution is 5.87. The fourth-order valence-corrected chi connectivity index (χ4v) is 1.74. The summed E-state index contributed by atoms with van der Waals surface area (Å²) in [7, 11) is 0. The average Bonchev–Trinajstić information content (AvgIpc) is 2.34. The van der Waals surface area contributed by atoms with E-state index < -0.39 is 5.97 Å². The zero-order valence-corrected chi connectivity index (χ0v) is 10.3. The molecule has 1 N–H and O–H groups in total. The van der Waals surface area contributed by atoms with Crippen molar-refractivity contribution in [2.24, 2.45) is 0 Å². The van der Waals surface area contributed by atoms with Crippen LogP contribution in [0.3, 0.4) is 0 Å². The molecule has 2 aromatic carbocycles. The van der Waals surface area contributed by atoms with E-state index in [0.29, 0.717) is 5.75 Å². The van der Waals surface area contributed by atoms with Crippen molar-refractivity contribution in [3.8, 4) is 11.5 Å². The monoisotopic (exact) mass is 242 g/mol. The van der Waals surface area contributed by atoms with Crippen molar-refractivity contribution in [1.82, 2.24) is 0 Å². The van der Waals surface area contributed by atoms with Crippen LogP contribution in [0, 0.1) is 13.8 Å². The smallest absolute Gasteiger partial charge is 0.335 e. The second-order valence-corrected chi connectivity index (χ2v) is 4.15. The van der Waals surface area contributed by atoms with Crippen LogP contribution in [0.1, 0.15) is 21.5 Å². The Balaban J connectivity index is 2.26. The summed E-state index contributed by atoms with van der Waals surface area (Å²) < 4.78 is 5.78. The van der Waals surface area contributed by atoms with Gasteiger partial charge in [0, 0.05) is 0 Å². The SMILES string of the molecule is Cc1cccc(C)c1Oc1ccc(C(=O)O)cc1. The van der Waals surface area contributed by atoms with E-state index in [1.807, 2.05) is 32.0 Å². The van der Waals surface area contributed by atoms with Crippen LogP contribution >= 0.6 is 0 Å². The Bertz CT molecular complexity index is 551. The number of aryl methyl sites for hydroxylation is 2. The first-order chi connectivity index (χ1) is 8.58. The van der Waals surface area contributed by atoms with E-state index >= 15 is 0 Å². The van der Waals surface area contributed by atoms with Crippen LogP contribution in [0.4, 0.5) is 0 Å². The first kappa shape index (κ1) is 12.2. The van der Waals surface area contributed by atoms with Gasteiger partial charge in [-0.1, -0.05) is 18.2 Å². The third kappa shape index (κ3) is 2.51. The Morgan fingerprint density at radius 2 is 1.56 bits per heavy atom. The van der Waals surface area contributed by atoms with Gasteiger partial charge >= 0.3 is 5.97 Å². The maximum Gasteiger partial charge on any atom is 0.335 e. The summed E-state index contributed by atoms with van der Waals surface area (Å²) in [6.45, 7) is 3.96. The van der Waals surface area contributed by atoms with Crippen LogP contribution in [0.15, 0.2) is 42.5 Å². The molecule has 0 amide bonds. The lowest BCUT2D eigenvalue weighted by atomic mass is 10.1. The van der Waals surface area contributed by atoms with Crippen molar-refractivity contribution >= 4 is 5.97 Å². The van der Waals surface area contributed by atoms with Crippen LogP contribution in [-0.2, 0) is 0 Å². The van der Waals surface area contributed by atoms with Gasteiger partial charge in [-0.25, -0.2) is 4.79 Å². The van der Waals surface area contributed by atoms with E-state index in [-0.39, 0.29) is 5.56 Å². The molecule has 0 spiro atoms. The normalized spacial score (nSPS) is 10.1. The molecule has 3 heteroatoms. The first-order valence-corrected chi connectivity index (χ1v) is 5.65. The zero-order chi connectivity index (χ0) is 13.1. The molecule has 0 saturated heterocycles. The summed E-state index contributed by atoms with van der Waals surface area (Å²) in [6.07, 6.45) is 0. The number of ether oxygens (including phenoxy) is 1. The van der Waals surface area contributed by atoms with Crippen LogP contribution in [-0.4, -0.2) is 11.1 Å². The van der Waals surface area contributed by atoms with Gasteiger partial charge in [0.2, 0.25) is 0 Å². The molecule has 0 aliphatic heterocycles. The van der Waals surface area contributed by atoms with E-state index in [9.17, 15) is 4.79 Å². The number of benzene rings is 2. The summed E-state index contributed by atoms with van der Waals surface area (Å²) in [5.41, 5.74) is 2.36. The molecule has 0 atom stereocenters. The molecule has 18 heavy (non-hydrogen) atoms. The molecule has 0 bridgehead atoms. The quantitative estimate of drug-likeness (QED) is 0.890. The fraction of sp³-hybridized carbons (Fsp3) is 0.133. The van der Waals surface area contributed by atoms with Crippen molar-refractivity contribution in [2.75, 3.05) is 0 Å². The van der Waals surface area contributed by atoms with Crippen LogP contribution < -0.4 is 4.74 Å². The Labute approximate surface area is 106 Å². The summed E-state index contributed by atoms with van der Waals surface area (Å²) in [5, 5.41) is 8.81. The number of aromatic carboxylic acids is 1. The third-order valence-electron chi connectivity index (χ3n) is 2.73. The number of rotatable bonds is 3. The lowest BCUT2D eigenvalue weighted by Crippen LogP contribution is -1.96. The largest absolute Gasteiger partial charge is 0.478 e. The zero-order valence-electron chi connectivity index (χ0n) is 10.3. The molecular formula is C15H14O3. The third-order valence-corrected chi connectivity index (χ3v) is 2.73. The molecule has 2 aromatic rings. The second kappa shape index (κ2) is 4.92. The minimum absolute atomic E-state index is 0.254. The number of carboxylic acids is 1. The van der Waals surface area contributed by atoms with Gasteiger partial charge in [-0.05, 0) is 49.2 Å². The lowest BCUT2D eigenvalue weighted by Gasteiger charge is -2.11. The Kier molecular flexibility index (Phi) is 3.33. The summed E-state index contributed by atoms with van der Waals surface area (Å²) in [4.78, 5) is 10.7. The maximum absolute atomic E-state index is 10.7. The molecule has 0 aliphatic rings. The highest BCUT2D eigenvalue weighted by Crippen LogP contribution is 2.28. The van der Waals surface area contributed by atoms with E-state index in [1.165, 1.54) is 12.1 Å². The van der Waals surface area contributed by atoms with Gasteiger partial charge in [-0.2, -0.15) is 0 Å². The molecule has 0 radical (unpaired) electrons. The van der Waals surface area contributed by atoms with E-state index in [2.05, 4.69) is 0 Å². The standard InChI is InChI=1S/C15H14O3/c1-10-4-3-5-11(2)14(10)18-13-8-6-12(7-9-13)15(16)17/h3-9H,1-2H3,(H,16,17). The number of carbonyl (C=O) groups is 1. The number of para-hydroxylation sites is 1.